The van der Waals surface area contributed by atoms with Gasteiger partial charge in [-0.1, -0.05) is 34.6 Å². The van der Waals surface area contributed by atoms with E-state index in [1.54, 1.807) is 0 Å². The van der Waals surface area contributed by atoms with E-state index in [2.05, 4.69) is 13.8 Å². The molecule has 0 aromatic heterocycles. The first-order valence-corrected chi connectivity index (χ1v) is 7.82. The minimum Gasteiger partial charge on any atom is -0.396 e. The zero-order valence-corrected chi connectivity index (χ0v) is 13.8. The van der Waals surface area contributed by atoms with Crippen LogP contribution in [0.15, 0.2) is 0 Å². The lowest BCUT2D eigenvalue weighted by molar-refractivity contribution is -0.200. The van der Waals surface area contributed by atoms with Crippen LogP contribution in [0.4, 0.5) is 0 Å². The maximum atomic E-state index is 9.36. The maximum absolute atomic E-state index is 9.36. The molecule has 1 atom stereocenters. The molecular weight excluding hydrogens is 256 g/mol. The first-order chi connectivity index (χ1) is 9.23. The van der Waals surface area contributed by atoms with Crippen LogP contribution >= 0.6 is 0 Å². The van der Waals surface area contributed by atoms with Gasteiger partial charge in [0.15, 0.2) is 0 Å². The molecule has 0 spiro atoms. The van der Waals surface area contributed by atoms with Crippen LogP contribution in [0, 0.1) is 17.8 Å². The highest BCUT2D eigenvalue weighted by Gasteiger charge is 2.38. The molecule has 1 saturated carbocycles. The molecule has 1 aliphatic carbocycles. The molecule has 1 aliphatic heterocycles. The van der Waals surface area contributed by atoms with Gasteiger partial charge in [0.05, 0.1) is 19.3 Å². The average Bonchev–Trinajstić information content (AvgIpc) is 2.33. The van der Waals surface area contributed by atoms with E-state index >= 15 is 0 Å². The van der Waals surface area contributed by atoms with Crippen molar-refractivity contribution in [2.24, 2.45) is 17.8 Å². The van der Waals surface area contributed by atoms with Crippen molar-refractivity contribution in [1.82, 2.24) is 0 Å². The summed E-state index contributed by atoms with van der Waals surface area (Å²) in [6, 6.07) is 0. The SMILES string of the molecule is CC(C)C(C)CO.CC(C)C1(O)COC1.OC1CCC1. The number of hydrogen-bond acceptors (Lipinski definition) is 4. The van der Waals surface area contributed by atoms with Crippen LogP contribution in [0.2, 0.25) is 0 Å². The zero-order chi connectivity index (χ0) is 15.8. The Kier molecular flexibility index (Phi) is 9.64. The van der Waals surface area contributed by atoms with Gasteiger partial charge in [-0.2, -0.15) is 0 Å². The van der Waals surface area contributed by atoms with Crippen LogP contribution in [0.1, 0.15) is 53.9 Å². The van der Waals surface area contributed by atoms with Gasteiger partial charge in [-0.05, 0) is 37.0 Å². The normalized spacial score (nSPS) is 21.9. The van der Waals surface area contributed by atoms with Crippen LogP contribution in [0.5, 0.6) is 0 Å². The summed E-state index contributed by atoms with van der Waals surface area (Å²) in [6.07, 6.45) is 3.39. The first-order valence-electron chi connectivity index (χ1n) is 7.82. The Morgan fingerprint density at radius 2 is 1.55 bits per heavy atom. The second kappa shape index (κ2) is 9.72. The second-order valence-corrected chi connectivity index (χ2v) is 6.74. The van der Waals surface area contributed by atoms with E-state index in [0.29, 0.717) is 37.6 Å². The smallest absolute Gasteiger partial charge is 0.113 e. The summed E-state index contributed by atoms with van der Waals surface area (Å²) < 4.78 is 4.85. The number of hydrogen-bond donors (Lipinski definition) is 3. The number of aliphatic hydroxyl groups is 3. The molecule has 0 bridgehead atoms. The Hall–Kier alpha value is -0.160. The van der Waals surface area contributed by atoms with Crippen molar-refractivity contribution >= 4 is 0 Å². The van der Waals surface area contributed by atoms with Crippen molar-refractivity contribution in [3.63, 3.8) is 0 Å². The standard InChI is InChI=1S/C6H12O2.C6H14O.C4H8O/c1-5(2)6(7)3-8-4-6;1-5(2)6(3)4-7;5-4-2-1-3-4/h5,7H,3-4H2,1-2H3;5-7H,4H2,1-3H3;4-5H,1-3H2. The number of rotatable bonds is 3. The van der Waals surface area contributed by atoms with Crippen molar-refractivity contribution < 1.29 is 20.1 Å². The fourth-order valence-corrected chi connectivity index (χ4v) is 1.24. The molecule has 0 amide bonds. The summed E-state index contributed by atoms with van der Waals surface area (Å²) in [6.45, 7) is 11.6. The Bertz CT molecular complexity index is 233. The highest BCUT2D eigenvalue weighted by molar-refractivity contribution is 4.87. The van der Waals surface area contributed by atoms with E-state index in [1.807, 2.05) is 20.8 Å². The molecule has 1 unspecified atom stereocenters. The summed E-state index contributed by atoms with van der Waals surface area (Å²) in [4.78, 5) is 0. The molecule has 2 fully saturated rings. The third kappa shape index (κ3) is 7.58. The molecular formula is C16H34O4. The van der Waals surface area contributed by atoms with Crippen LogP contribution in [0.25, 0.3) is 0 Å². The van der Waals surface area contributed by atoms with E-state index in [-0.39, 0.29) is 6.10 Å². The molecule has 1 saturated heterocycles. The summed E-state index contributed by atoms with van der Waals surface area (Å²) in [5, 5.41) is 26.3. The third-order valence-corrected chi connectivity index (χ3v) is 4.28. The molecule has 0 radical (unpaired) electrons. The number of aliphatic hydroxyl groups excluding tert-OH is 2. The molecule has 0 aromatic rings. The molecule has 1 heterocycles. The van der Waals surface area contributed by atoms with E-state index in [9.17, 15) is 5.11 Å². The predicted molar refractivity (Wildman–Crippen MR) is 81.6 cm³/mol. The Morgan fingerprint density at radius 3 is 1.55 bits per heavy atom. The quantitative estimate of drug-likeness (QED) is 0.745. The van der Waals surface area contributed by atoms with Gasteiger partial charge in [0, 0.05) is 6.61 Å². The molecule has 0 aromatic carbocycles. The molecule has 4 nitrogen and oxygen atoms in total. The monoisotopic (exact) mass is 290 g/mol. The fraction of sp³-hybridized carbons (Fsp3) is 1.00. The summed E-state index contributed by atoms with van der Waals surface area (Å²) in [7, 11) is 0. The second-order valence-electron chi connectivity index (χ2n) is 6.74. The molecule has 20 heavy (non-hydrogen) atoms. The van der Waals surface area contributed by atoms with Gasteiger partial charge in [0.25, 0.3) is 0 Å². The molecule has 3 N–H and O–H groups in total. The highest BCUT2D eigenvalue weighted by Crippen LogP contribution is 2.24. The van der Waals surface area contributed by atoms with Crippen LogP contribution in [-0.2, 0) is 4.74 Å². The zero-order valence-electron chi connectivity index (χ0n) is 13.8. The van der Waals surface area contributed by atoms with Gasteiger partial charge in [-0.15, -0.1) is 0 Å². The Balaban J connectivity index is 0.000000278. The van der Waals surface area contributed by atoms with Gasteiger partial charge in [-0.3, -0.25) is 0 Å². The highest BCUT2D eigenvalue weighted by atomic mass is 16.5. The lowest BCUT2D eigenvalue weighted by Crippen LogP contribution is -2.53. The van der Waals surface area contributed by atoms with Crippen molar-refractivity contribution in [2.75, 3.05) is 19.8 Å². The molecule has 4 heteroatoms. The van der Waals surface area contributed by atoms with Crippen molar-refractivity contribution in [3.05, 3.63) is 0 Å². The Labute approximate surface area is 124 Å². The lowest BCUT2D eigenvalue weighted by atomic mass is 9.89. The van der Waals surface area contributed by atoms with Crippen LogP contribution in [0.3, 0.4) is 0 Å². The number of ether oxygens (including phenoxy) is 1. The molecule has 2 rings (SSSR count). The van der Waals surface area contributed by atoms with Gasteiger partial charge < -0.3 is 20.1 Å². The van der Waals surface area contributed by atoms with Gasteiger partial charge in [0.1, 0.15) is 5.60 Å². The van der Waals surface area contributed by atoms with Crippen molar-refractivity contribution in [1.29, 1.82) is 0 Å². The molecule has 2 aliphatic rings. The summed E-state index contributed by atoms with van der Waals surface area (Å²) in [5.74, 6) is 1.40. The topological polar surface area (TPSA) is 69.9 Å². The van der Waals surface area contributed by atoms with E-state index < -0.39 is 5.60 Å². The van der Waals surface area contributed by atoms with Crippen molar-refractivity contribution in [2.45, 2.75) is 65.6 Å². The van der Waals surface area contributed by atoms with E-state index in [1.165, 1.54) is 6.42 Å². The van der Waals surface area contributed by atoms with Gasteiger partial charge >= 0.3 is 0 Å². The Morgan fingerprint density at radius 1 is 1.10 bits per heavy atom. The van der Waals surface area contributed by atoms with Gasteiger partial charge in [-0.25, -0.2) is 0 Å². The van der Waals surface area contributed by atoms with Crippen LogP contribution in [-0.4, -0.2) is 46.8 Å². The van der Waals surface area contributed by atoms with E-state index in [0.717, 1.165) is 12.8 Å². The average molecular weight is 290 g/mol. The van der Waals surface area contributed by atoms with Gasteiger partial charge in [0.2, 0.25) is 0 Å². The molecule has 122 valence electrons. The minimum absolute atomic E-state index is 0.0648. The predicted octanol–water partition coefficient (Wildman–Crippen LogP) is 2.21. The lowest BCUT2D eigenvalue weighted by Gasteiger charge is -2.39. The fourth-order valence-electron chi connectivity index (χ4n) is 1.24. The summed E-state index contributed by atoms with van der Waals surface area (Å²) in [5.41, 5.74) is -0.500. The first kappa shape index (κ1) is 19.8. The largest absolute Gasteiger partial charge is 0.396 e. The van der Waals surface area contributed by atoms with Crippen molar-refractivity contribution in [3.8, 4) is 0 Å². The van der Waals surface area contributed by atoms with Crippen LogP contribution < -0.4 is 0 Å². The minimum atomic E-state index is -0.500. The summed E-state index contributed by atoms with van der Waals surface area (Å²) >= 11 is 0. The van der Waals surface area contributed by atoms with E-state index in [4.69, 9.17) is 14.9 Å². The maximum Gasteiger partial charge on any atom is 0.113 e. The third-order valence-electron chi connectivity index (χ3n) is 4.28.